The van der Waals surface area contributed by atoms with Crippen LogP contribution in [0.4, 0.5) is 0 Å². The molecule has 2 aliphatic heterocycles. The Kier molecular flexibility index (Phi) is 5.90. The van der Waals surface area contributed by atoms with Gasteiger partial charge in [0.2, 0.25) is 15.8 Å². The van der Waals surface area contributed by atoms with E-state index < -0.39 is 15.9 Å². The Bertz CT molecular complexity index is 947. The van der Waals surface area contributed by atoms with Gasteiger partial charge < -0.3 is 19.3 Å². The van der Waals surface area contributed by atoms with Crippen LogP contribution in [0.1, 0.15) is 23.5 Å². The normalized spacial score (nSPS) is 20.6. The summed E-state index contributed by atoms with van der Waals surface area (Å²) in [5.74, 6) is -0.406. The number of aromatic nitrogens is 2. The molecule has 11 heteroatoms. The molecule has 0 aliphatic carbocycles. The summed E-state index contributed by atoms with van der Waals surface area (Å²) in [7, 11) is -3.57. The van der Waals surface area contributed by atoms with Crippen LogP contribution in [-0.4, -0.2) is 74.3 Å². The Morgan fingerprint density at radius 2 is 1.93 bits per heavy atom. The monoisotopic (exact) mass is 422 g/mol. The number of amides is 1. The van der Waals surface area contributed by atoms with E-state index >= 15 is 0 Å². The fraction of sp³-hybridized carbons (Fsp3) is 0.500. The molecule has 4 rings (SSSR count). The number of carbonyl (C=O) groups excluding carboxylic acids is 1. The highest BCUT2D eigenvalue weighted by atomic mass is 32.2. The summed E-state index contributed by atoms with van der Waals surface area (Å²) in [6, 6.07) is 6.17. The molecule has 1 atom stereocenters. The van der Waals surface area contributed by atoms with Crippen LogP contribution in [0.2, 0.25) is 0 Å². The first-order valence-electron chi connectivity index (χ1n) is 9.46. The lowest BCUT2D eigenvalue weighted by Gasteiger charge is -2.26. The van der Waals surface area contributed by atoms with Crippen molar-refractivity contribution in [3.8, 4) is 11.4 Å². The molecule has 10 nitrogen and oxygen atoms in total. The van der Waals surface area contributed by atoms with Crippen LogP contribution in [0.5, 0.6) is 0 Å². The van der Waals surface area contributed by atoms with Gasteiger partial charge in [-0.1, -0.05) is 5.16 Å². The van der Waals surface area contributed by atoms with Crippen molar-refractivity contribution in [2.75, 3.05) is 39.5 Å². The number of sulfonamides is 1. The molecule has 1 aromatic heterocycles. The SMILES string of the molecule is O=C(NCC1CCCO1)c1nc(-c2ccc(S(=O)(=O)N3CCOCC3)cc2)no1. The van der Waals surface area contributed by atoms with E-state index in [1.165, 1.54) is 16.4 Å². The second-order valence-corrected chi connectivity index (χ2v) is 8.75. The van der Waals surface area contributed by atoms with Gasteiger partial charge in [-0.15, -0.1) is 0 Å². The molecule has 3 heterocycles. The van der Waals surface area contributed by atoms with E-state index in [2.05, 4.69) is 15.5 Å². The van der Waals surface area contributed by atoms with Crippen molar-refractivity contribution in [2.45, 2.75) is 23.8 Å². The minimum Gasteiger partial charge on any atom is -0.379 e. The highest BCUT2D eigenvalue weighted by molar-refractivity contribution is 7.89. The lowest BCUT2D eigenvalue weighted by Crippen LogP contribution is -2.40. The van der Waals surface area contributed by atoms with Gasteiger partial charge in [-0.3, -0.25) is 4.79 Å². The van der Waals surface area contributed by atoms with Crippen LogP contribution >= 0.6 is 0 Å². The first-order valence-corrected chi connectivity index (χ1v) is 10.9. The zero-order valence-corrected chi connectivity index (χ0v) is 16.6. The number of carbonyl (C=O) groups is 1. The molecular weight excluding hydrogens is 400 g/mol. The standard InChI is InChI=1S/C18H22N4O6S/c23-17(19-12-14-2-1-9-27-14)18-20-16(21-28-18)13-3-5-15(6-4-13)29(24,25)22-7-10-26-11-8-22/h3-6,14H,1-2,7-12H2,(H,19,23). The molecule has 29 heavy (non-hydrogen) atoms. The van der Waals surface area contributed by atoms with E-state index in [9.17, 15) is 13.2 Å². The van der Waals surface area contributed by atoms with E-state index in [0.717, 1.165) is 12.8 Å². The van der Waals surface area contributed by atoms with Crippen molar-refractivity contribution < 1.29 is 27.2 Å². The molecule has 1 N–H and O–H groups in total. The van der Waals surface area contributed by atoms with E-state index in [-0.39, 0.29) is 22.7 Å². The quantitative estimate of drug-likeness (QED) is 0.720. The van der Waals surface area contributed by atoms with E-state index in [4.69, 9.17) is 14.0 Å². The smallest absolute Gasteiger partial charge is 0.316 e. The summed E-state index contributed by atoms with van der Waals surface area (Å²) in [6.45, 7) is 2.54. The number of hydrogen-bond acceptors (Lipinski definition) is 8. The van der Waals surface area contributed by atoms with Gasteiger partial charge in [0.05, 0.1) is 24.2 Å². The average molecular weight is 422 g/mol. The summed E-state index contributed by atoms with van der Waals surface area (Å²) in [6.07, 6.45) is 1.92. The Balaban J connectivity index is 1.42. The van der Waals surface area contributed by atoms with Crippen LogP contribution in [0.3, 0.4) is 0 Å². The Morgan fingerprint density at radius 1 is 1.17 bits per heavy atom. The maximum atomic E-state index is 12.7. The van der Waals surface area contributed by atoms with Gasteiger partial charge >= 0.3 is 11.8 Å². The summed E-state index contributed by atoms with van der Waals surface area (Å²) in [5, 5.41) is 6.53. The predicted octanol–water partition coefficient (Wildman–Crippen LogP) is 0.666. The third-order valence-corrected chi connectivity index (χ3v) is 6.77. The maximum absolute atomic E-state index is 12.7. The molecule has 0 spiro atoms. The average Bonchev–Trinajstić information content (AvgIpc) is 3.45. The van der Waals surface area contributed by atoms with Gasteiger partial charge in [0, 0.05) is 31.8 Å². The molecule has 0 saturated carbocycles. The Labute approximate surface area is 168 Å². The molecule has 2 saturated heterocycles. The molecule has 0 bridgehead atoms. The van der Waals surface area contributed by atoms with E-state index in [1.54, 1.807) is 12.1 Å². The largest absolute Gasteiger partial charge is 0.379 e. The zero-order chi connectivity index (χ0) is 20.3. The highest BCUT2D eigenvalue weighted by Gasteiger charge is 2.26. The van der Waals surface area contributed by atoms with Gasteiger partial charge in [0.25, 0.3) is 0 Å². The highest BCUT2D eigenvalue weighted by Crippen LogP contribution is 2.22. The van der Waals surface area contributed by atoms with Crippen LogP contribution in [-0.2, 0) is 19.5 Å². The summed E-state index contributed by atoms with van der Waals surface area (Å²) < 4.78 is 42.4. The van der Waals surface area contributed by atoms with Crippen molar-refractivity contribution >= 4 is 15.9 Å². The zero-order valence-electron chi connectivity index (χ0n) is 15.7. The van der Waals surface area contributed by atoms with E-state index in [1.807, 2.05) is 0 Å². The number of morpholine rings is 1. The summed E-state index contributed by atoms with van der Waals surface area (Å²) in [5.41, 5.74) is 0.549. The second-order valence-electron chi connectivity index (χ2n) is 6.81. The minimum atomic E-state index is -3.57. The molecule has 2 aromatic rings. The fourth-order valence-corrected chi connectivity index (χ4v) is 4.64. The first kappa shape index (κ1) is 20.0. The summed E-state index contributed by atoms with van der Waals surface area (Å²) in [4.78, 5) is 16.4. The van der Waals surface area contributed by atoms with Crippen LogP contribution in [0.25, 0.3) is 11.4 Å². The van der Waals surface area contributed by atoms with Gasteiger partial charge in [0.15, 0.2) is 0 Å². The minimum absolute atomic E-state index is 0.0160. The molecule has 1 aromatic carbocycles. The Hall–Kier alpha value is -2.34. The number of ether oxygens (including phenoxy) is 2. The lowest BCUT2D eigenvalue weighted by atomic mass is 10.2. The number of rotatable bonds is 6. The summed E-state index contributed by atoms with van der Waals surface area (Å²) >= 11 is 0. The fourth-order valence-electron chi connectivity index (χ4n) is 3.23. The van der Waals surface area contributed by atoms with Crippen LogP contribution in [0.15, 0.2) is 33.7 Å². The molecule has 2 aliphatic rings. The van der Waals surface area contributed by atoms with Gasteiger partial charge in [0.1, 0.15) is 0 Å². The molecular formula is C18H22N4O6S. The van der Waals surface area contributed by atoms with Crippen molar-refractivity contribution in [2.24, 2.45) is 0 Å². The van der Waals surface area contributed by atoms with Gasteiger partial charge in [-0.2, -0.15) is 9.29 Å². The first-order chi connectivity index (χ1) is 14.0. The number of benzene rings is 1. The van der Waals surface area contributed by atoms with Crippen LogP contribution < -0.4 is 5.32 Å². The predicted molar refractivity (Wildman–Crippen MR) is 101 cm³/mol. The topological polar surface area (TPSA) is 124 Å². The number of hydrogen-bond donors (Lipinski definition) is 1. The Morgan fingerprint density at radius 3 is 2.62 bits per heavy atom. The second kappa shape index (κ2) is 8.57. The lowest BCUT2D eigenvalue weighted by molar-refractivity contribution is 0.0730. The number of nitrogens with one attached hydrogen (secondary N) is 1. The van der Waals surface area contributed by atoms with Crippen molar-refractivity contribution in [3.05, 3.63) is 30.2 Å². The van der Waals surface area contributed by atoms with Gasteiger partial charge in [-0.25, -0.2) is 8.42 Å². The van der Waals surface area contributed by atoms with Crippen molar-refractivity contribution in [3.63, 3.8) is 0 Å². The molecule has 0 radical (unpaired) electrons. The molecule has 156 valence electrons. The molecule has 1 unspecified atom stereocenters. The molecule has 2 fully saturated rings. The van der Waals surface area contributed by atoms with E-state index in [0.29, 0.717) is 45.0 Å². The van der Waals surface area contributed by atoms with Crippen LogP contribution in [0, 0.1) is 0 Å². The third kappa shape index (κ3) is 4.47. The van der Waals surface area contributed by atoms with Gasteiger partial charge in [-0.05, 0) is 37.1 Å². The maximum Gasteiger partial charge on any atom is 0.316 e. The van der Waals surface area contributed by atoms with Crippen molar-refractivity contribution in [1.82, 2.24) is 19.8 Å². The third-order valence-electron chi connectivity index (χ3n) is 4.85. The van der Waals surface area contributed by atoms with Crippen molar-refractivity contribution in [1.29, 1.82) is 0 Å². The number of nitrogens with zero attached hydrogens (tertiary/aromatic N) is 3. The molecule has 1 amide bonds.